The lowest BCUT2D eigenvalue weighted by atomic mass is 10.1. The lowest BCUT2D eigenvalue weighted by Crippen LogP contribution is -2.25. The van der Waals surface area contributed by atoms with Gasteiger partial charge in [-0.2, -0.15) is 0 Å². The second-order valence-electron chi connectivity index (χ2n) is 5.45. The number of H-pyrrole nitrogens is 1. The fraction of sp³-hybridized carbons (Fsp3) is 0.211. The maximum absolute atomic E-state index is 11.9. The molecule has 0 unspecified atom stereocenters. The number of para-hydroxylation sites is 1. The second-order valence-corrected chi connectivity index (χ2v) is 5.45. The molecule has 0 radical (unpaired) electrons. The number of benzene rings is 2. The van der Waals surface area contributed by atoms with E-state index in [1.807, 2.05) is 36.5 Å². The number of aryl methyl sites for hydroxylation is 1. The Hall–Kier alpha value is -2.55. The fourth-order valence-corrected chi connectivity index (χ4v) is 2.67. The third-order valence-corrected chi connectivity index (χ3v) is 3.87. The lowest BCUT2D eigenvalue weighted by molar-refractivity contribution is -0.121. The smallest absolute Gasteiger partial charge is 0.220 e. The molecule has 22 heavy (non-hydrogen) atoms. The summed E-state index contributed by atoms with van der Waals surface area (Å²) in [6.07, 6.45) is 4.21. The Kier molecular flexibility index (Phi) is 4.54. The molecule has 3 heteroatoms. The van der Waals surface area contributed by atoms with Gasteiger partial charge in [-0.3, -0.25) is 4.79 Å². The Balaban J connectivity index is 1.45. The first-order chi connectivity index (χ1) is 10.8. The van der Waals surface area contributed by atoms with Crippen LogP contribution in [-0.2, 0) is 17.6 Å². The minimum atomic E-state index is 0.115. The zero-order valence-electron chi connectivity index (χ0n) is 12.5. The molecular formula is C19H20N2O. The van der Waals surface area contributed by atoms with Gasteiger partial charge < -0.3 is 10.3 Å². The number of fused-ring (bicyclic) bond motifs is 1. The van der Waals surface area contributed by atoms with E-state index in [9.17, 15) is 4.79 Å². The number of carbonyl (C=O) groups is 1. The first-order valence-electron chi connectivity index (χ1n) is 7.68. The van der Waals surface area contributed by atoms with Crippen LogP contribution in [-0.4, -0.2) is 17.4 Å². The van der Waals surface area contributed by atoms with Crippen molar-refractivity contribution < 1.29 is 4.79 Å². The predicted octanol–water partition coefficient (Wildman–Crippen LogP) is 3.46. The van der Waals surface area contributed by atoms with E-state index in [1.54, 1.807) is 0 Å². The van der Waals surface area contributed by atoms with Crippen LogP contribution < -0.4 is 5.32 Å². The maximum atomic E-state index is 11.9. The van der Waals surface area contributed by atoms with Crippen molar-refractivity contribution in [3.8, 4) is 0 Å². The summed E-state index contributed by atoms with van der Waals surface area (Å²) in [7, 11) is 0. The van der Waals surface area contributed by atoms with Gasteiger partial charge in [-0.15, -0.1) is 0 Å². The molecule has 0 fully saturated rings. The van der Waals surface area contributed by atoms with Crippen LogP contribution in [0.1, 0.15) is 17.5 Å². The van der Waals surface area contributed by atoms with Crippen molar-refractivity contribution in [1.29, 1.82) is 0 Å². The molecule has 3 nitrogen and oxygen atoms in total. The zero-order chi connectivity index (χ0) is 15.2. The highest BCUT2D eigenvalue weighted by Crippen LogP contribution is 2.17. The van der Waals surface area contributed by atoms with Crippen LogP contribution in [0.4, 0.5) is 0 Å². The Morgan fingerprint density at radius 1 is 0.955 bits per heavy atom. The molecular weight excluding hydrogens is 272 g/mol. The van der Waals surface area contributed by atoms with Crippen molar-refractivity contribution in [3.63, 3.8) is 0 Å². The Labute approximate surface area is 130 Å². The zero-order valence-corrected chi connectivity index (χ0v) is 12.5. The Bertz CT molecular complexity index is 746. The Morgan fingerprint density at radius 2 is 1.73 bits per heavy atom. The standard InChI is InChI=1S/C19H20N2O/c22-19(11-10-15-6-2-1-3-7-15)20-13-12-16-14-21-18-9-5-4-8-17(16)18/h1-9,14,21H,10-13H2,(H,20,22). The highest BCUT2D eigenvalue weighted by atomic mass is 16.1. The van der Waals surface area contributed by atoms with E-state index in [-0.39, 0.29) is 5.91 Å². The summed E-state index contributed by atoms with van der Waals surface area (Å²) in [4.78, 5) is 15.1. The summed E-state index contributed by atoms with van der Waals surface area (Å²) >= 11 is 0. The van der Waals surface area contributed by atoms with E-state index < -0.39 is 0 Å². The number of aromatic amines is 1. The molecule has 3 rings (SSSR count). The SMILES string of the molecule is O=C(CCc1ccccc1)NCCc1c[nH]c2ccccc12. The highest BCUT2D eigenvalue weighted by molar-refractivity contribution is 5.83. The molecule has 2 aromatic carbocycles. The van der Waals surface area contributed by atoms with Crippen LogP contribution in [0.15, 0.2) is 60.8 Å². The second kappa shape index (κ2) is 6.94. The summed E-state index contributed by atoms with van der Waals surface area (Å²) in [6, 6.07) is 18.3. The normalized spacial score (nSPS) is 10.7. The number of carbonyl (C=O) groups excluding carboxylic acids is 1. The van der Waals surface area contributed by atoms with Gasteiger partial charge in [-0.1, -0.05) is 48.5 Å². The van der Waals surface area contributed by atoms with Gasteiger partial charge in [0, 0.05) is 30.1 Å². The average Bonchev–Trinajstić information content (AvgIpc) is 2.97. The van der Waals surface area contributed by atoms with E-state index in [0.29, 0.717) is 13.0 Å². The molecule has 0 aliphatic heterocycles. The molecule has 112 valence electrons. The average molecular weight is 292 g/mol. The van der Waals surface area contributed by atoms with Gasteiger partial charge in [0.05, 0.1) is 0 Å². The topological polar surface area (TPSA) is 44.9 Å². The van der Waals surface area contributed by atoms with Crippen LogP contribution >= 0.6 is 0 Å². The van der Waals surface area contributed by atoms with Gasteiger partial charge in [0.1, 0.15) is 0 Å². The molecule has 0 spiro atoms. The van der Waals surface area contributed by atoms with Gasteiger partial charge in [-0.25, -0.2) is 0 Å². The molecule has 2 N–H and O–H groups in total. The van der Waals surface area contributed by atoms with Crippen molar-refractivity contribution in [2.45, 2.75) is 19.3 Å². The van der Waals surface area contributed by atoms with Crippen molar-refractivity contribution in [2.75, 3.05) is 6.54 Å². The minimum absolute atomic E-state index is 0.115. The Morgan fingerprint density at radius 3 is 2.59 bits per heavy atom. The van der Waals surface area contributed by atoms with E-state index in [0.717, 1.165) is 18.4 Å². The van der Waals surface area contributed by atoms with Crippen LogP contribution in [0, 0.1) is 0 Å². The molecule has 1 amide bonds. The number of nitrogens with one attached hydrogen (secondary N) is 2. The number of rotatable bonds is 6. The molecule has 3 aromatic rings. The summed E-state index contributed by atoms with van der Waals surface area (Å²) in [5, 5.41) is 4.24. The molecule has 0 saturated carbocycles. The molecule has 1 aromatic heterocycles. The first kappa shape index (κ1) is 14.4. The summed E-state index contributed by atoms with van der Waals surface area (Å²) in [5.74, 6) is 0.115. The van der Waals surface area contributed by atoms with Crippen molar-refractivity contribution in [1.82, 2.24) is 10.3 Å². The van der Waals surface area contributed by atoms with Crippen LogP contribution in [0.5, 0.6) is 0 Å². The molecule has 0 aliphatic carbocycles. The monoisotopic (exact) mass is 292 g/mol. The third kappa shape index (κ3) is 3.55. The molecule has 0 aliphatic rings. The van der Waals surface area contributed by atoms with E-state index in [4.69, 9.17) is 0 Å². The van der Waals surface area contributed by atoms with Crippen molar-refractivity contribution in [2.24, 2.45) is 0 Å². The van der Waals surface area contributed by atoms with Crippen molar-refractivity contribution >= 4 is 16.8 Å². The minimum Gasteiger partial charge on any atom is -0.361 e. The molecule has 0 bridgehead atoms. The summed E-state index contributed by atoms with van der Waals surface area (Å²) in [5.41, 5.74) is 3.60. The van der Waals surface area contributed by atoms with Crippen LogP contribution in [0.3, 0.4) is 0 Å². The first-order valence-corrected chi connectivity index (χ1v) is 7.68. The van der Waals surface area contributed by atoms with Gasteiger partial charge in [0.25, 0.3) is 0 Å². The van der Waals surface area contributed by atoms with Crippen LogP contribution in [0.25, 0.3) is 10.9 Å². The van der Waals surface area contributed by atoms with Gasteiger partial charge >= 0.3 is 0 Å². The largest absolute Gasteiger partial charge is 0.361 e. The van der Waals surface area contributed by atoms with Gasteiger partial charge in [-0.05, 0) is 30.0 Å². The molecule has 1 heterocycles. The summed E-state index contributed by atoms with van der Waals surface area (Å²) in [6.45, 7) is 0.676. The summed E-state index contributed by atoms with van der Waals surface area (Å²) < 4.78 is 0. The van der Waals surface area contributed by atoms with Gasteiger partial charge in [0.2, 0.25) is 5.91 Å². The number of hydrogen-bond acceptors (Lipinski definition) is 1. The third-order valence-electron chi connectivity index (χ3n) is 3.87. The number of amides is 1. The quantitative estimate of drug-likeness (QED) is 0.718. The van der Waals surface area contributed by atoms with E-state index >= 15 is 0 Å². The van der Waals surface area contributed by atoms with E-state index in [2.05, 4.69) is 34.6 Å². The lowest BCUT2D eigenvalue weighted by Gasteiger charge is -2.05. The van der Waals surface area contributed by atoms with Crippen LogP contribution in [0.2, 0.25) is 0 Å². The van der Waals surface area contributed by atoms with Crippen molar-refractivity contribution in [3.05, 3.63) is 71.9 Å². The predicted molar refractivity (Wildman–Crippen MR) is 89.8 cm³/mol. The number of aromatic nitrogens is 1. The van der Waals surface area contributed by atoms with E-state index in [1.165, 1.54) is 16.5 Å². The molecule has 0 saturated heterocycles. The molecule has 0 atom stereocenters. The highest BCUT2D eigenvalue weighted by Gasteiger charge is 2.05. The number of hydrogen-bond donors (Lipinski definition) is 2. The maximum Gasteiger partial charge on any atom is 0.220 e. The fourth-order valence-electron chi connectivity index (χ4n) is 2.67. The van der Waals surface area contributed by atoms with Gasteiger partial charge in [0.15, 0.2) is 0 Å².